The number of rotatable bonds is 13. The molecule has 0 aromatic heterocycles. The van der Waals surface area contributed by atoms with Crippen LogP contribution in [0.3, 0.4) is 0 Å². The number of carbonyl (C=O) groups is 5. The zero-order chi connectivity index (χ0) is 33.1. The second kappa shape index (κ2) is 16.7. The summed E-state index contributed by atoms with van der Waals surface area (Å²) < 4.78 is 22.4. The van der Waals surface area contributed by atoms with Gasteiger partial charge < -0.3 is 24.3 Å². The summed E-state index contributed by atoms with van der Waals surface area (Å²) >= 11 is 0. The van der Waals surface area contributed by atoms with Gasteiger partial charge in [-0.2, -0.15) is 0 Å². The lowest BCUT2D eigenvalue weighted by Crippen LogP contribution is -2.62. The third-order valence-corrected chi connectivity index (χ3v) is 7.19. The highest BCUT2D eigenvalue weighted by Gasteiger charge is 2.51. The molecule has 12 nitrogen and oxygen atoms in total. The molecule has 2 N–H and O–H groups in total. The van der Waals surface area contributed by atoms with Gasteiger partial charge in [0.2, 0.25) is 12.2 Å². The smallest absolute Gasteiger partial charge is 0.306 e. The zero-order valence-electron chi connectivity index (χ0n) is 26.4. The Labute approximate surface area is 263 Å². The van der Waals surface area contributed by atoms with E-state index in [9.17, 15) is 24.0 Å². The standard InChI is InChI=1S/C33H42N2O10/c1-7-24(36)42-28-20(6)41-33(30(44-26(38)9-3)29(28)43-25(37)8-2)45-35-31(39)22-15-17-23(18-16-22)34-32(40)27(19(4)5)21-13-11-10-12-14-21/h10-20,27-30,33H,7-9H2,1-6H3,(H,34,40)(H,35,39)/t20-,27-,28+,29+,30-,33-/m0/s1. The van der Waals surface area contributed by atoms with E-state index in [-0.39, 0.29) is 42.6 Å². The molecule has 2 amide bonds. The molecule has 0 spiro atoms. The van der Waals surface area contributed by atoms with Gasteiger partial charge in [0.1, 0.15) is 0 Å². The van der Waals surface area contributed by atoms with Crippen molar-refractivity contribution in [1.82, 2.24) is 5.48 Å². The van der Waals surface area contributed by atoms with Crippen LogP contribution in [0.4, 0.5) is 5.69 Å². The van der Waals surface area contributed by atoms with Crippen molar-refractivity contribution in [2.45, 2.75) is 97.4 Å². The van der Waals surface area contributed by atoms with Crippen LogP contribution in [-0.4, -0.2) is 60.4 Å². The molecular weight excluding hydrogens is 584 g/mol. The molecule has 1 heterocycles. The first-order valence-corrected chi connectivity index (χ1v) is 15.1. The lowest BCUT2D eigenvalue weighted by Gasteiger charge is -2.43. The van der Waals surface area contributed by atoms with Crippen LogP contribution in [0.15, 0.2) is 54.6 Å². The number of hydroxylamine groups is 1. The van der Waals surface area contributed by atoms with Crippen LogP contribution in [-0.2, 0) is 43.0 Å². The zero-order valence-corrected chi connectivity index (χ0v) is 26.4. The fourth-order valence-electron chi connectivity index (χ4n) is 4.79. The van der Waals surface area contributed by atoms with Crippen LogP contribution < -0.4 is 10.8 Å². The number of nitrogens with one attached hydrogen (secondary N) is 2. The van der Waals surface area contributed by atoms with Gasteiger partial charge in [0.25, 0.3) is 5.91 Å². The molecule has 1 fully saturated rings. The molecule has 12 heteroatoms. The second-order valence-corrected chi connectivity index (χ2v) is 10.9. The van der Waals surface area contributed by atoms with Gasteiger partial charge in [-0.1, -0.05) is 65.0 Å². The average molecular weight is 627 g/mol. The quantitative estimate of drug-likeness (QED) is 0.185. The molecule has 6 atom stereocenters. The molecule has 0 unspecified atom stereocenters. The van der Waals surface area contributed by atoms with Gasteiger partial charge in [-0.15, -0.1) is 0 Å². The molecule has 1 saturated heterocycles. The molecule has 244 valence electrons. The van der Waals surface area contributed by atoms with Crippen LogP contribution in [0.25, 0.3) is 0 Å². The Kier molecular flexibility index (Phi) is 13.1. The average Bonchev–Trinajstić information content (AvgIpc) is 3.03. The molecule has 3 rings (SSSR count). The van der Waals surface area contributed by atoms with Crippen LogP contribution in [0.5, 0.6) is 0 Å². The van der Waals surface area contributed by atoms with Gasteiger partial charge in [0, 0.05) is 30.5 Å². The van der Waals surface area contributed by atoms with Crippen LogP contribution in [0, 0.1) is 5.92 Å². The lowest BCUT2D eigenvalue weighted by molar-refractivity contribution is -0.310. The third kappa shape index (κ3) is 9.60. The fraction of sp³-hybridized carbons (Fsp3) is 0.485. The van der Waals surface area contributed by atoms with Crippen molar-refractivity contribution in [3.05, 3.63) is 65.7 Å². The monoisotopic (exact) mass is 626 g/mol. The van der Waals surface area contributed by atoms with E-state index in [0.717, 1.165) is 5.56 Å². The largest absolute Gasteiger partial charge is 0.455 e. The summed E-state index contributed by atoms with van der Waals surface area (Å²) in [6.45, 7) is 10.3. The Morgan fingerprint density at radius 3 is 1.82 bits per heavy atom. The topological polar surface area (TPSA) is 156 Å². The first kappa shape index (κ1) is 35.2. The van der Waals surface area contributed by atoms with E-state index in [1.165, 1.54) is 12.1 Å². The van der Waals surface area contributed by atoms with E-state index in [1.54, 1.807) is 39.8 Å². The number of amides is 2. The van der Waals surface area contributed by atoms with Gasteiger partial charge >= 0.3 is 17.9 Å². The fourth-order valence-corrected chi connectivity index (χ4v) is 4.79. The summed E-state index contributed by atoms with van der Waals surface area (Å²) in [5, 5.41) is 2.91. The minimum atomic E-state index is -1.41. The Balaban J connectivity index is 1.72. The maximum atomic E-state index is 13.1. The van der Waals surface area contributed by atoms with Gasteiger partial charge in [-0.25, -0.2) is 10.3 Å². The van der Waals surface area contributed by atoms with E-state index in [1.807, 2.05) is 44.2 Å². The second-order valence-electron chi connectivity index (χ2n) is 10.9. The van der Waals surface area contributed by atoms with Crippen molar-refractivity contribution in [2.75, 3.05) is 5.32 Å². The van der Waals surface area contributed by atoms with Gasteiger partial charge in [-0.05, 0) is 42.7 Å². The number of hydrogen-bond acceptors (Lipinski definition) is 10. The third-order valence-electron chi connectivity index (χ3n) is 7.19. The molecule has 0 aliphatic carbocycles. The van der Waals surface area contributed by atoms with Crippen LogP contribution in [0.2, 0.25) is 0 Å². The lowest BCUT2D eigenvalue weighted by atomic mass is 9.87. The van der Waals surface area contributed by atoms with E-state index >= 15 is 0 Å². The molecule has 0 bridgehead atoms. The minimum absolute atomic E-state index is 0.00879. The number of esters is 3. The van der Waals surface area contributed by atoms with E-state index in [2.05, 4.69) is 10.8 Å². The van der Waals surface area contributed by atoms with Crippen molar-refractivity contribution >= 4 is 35.4 Å². The predicted molar refractivity (Wildman–Crippen MR) is 162 cm³/mol. The molecule has 2 aromatic rings. The first-order chi connectivity index (χ1) is 21.5. The first-order valence-electron chi connectivity index (χ1n) is 15.1. The van der Waals surface area contributed by atoms with Crippen LogP contribution in [0.1, 0.15) is 82.6 Å². The minimum Gasteiger partial charge on any atom is -0.455 e. The van der Waals surface area contributed by atoms with Crippen molar-refractivity contribution < 1.29 is 47.8 Å². The Bertz CT molecular complexity index is 1310. The van der Waals surface area contributed by atoms with Gasteiger partial charge in [-0.3, -0.25) is 24.0 Å². The maximum absolute atomic E-state index is 13.1. The molecule has 0 saturated carbocycles. The summed E-state index contributed by atoms with van der Waals surface area (Å²) in [6.07, 6.45) is -5.93. The van der Waals surface area contributed by atoms with Crippen molar-refractivity contribution in [3.8, 4) is 0 Å². The summed E-state index contributed by atoms with van der Waals surface area (Å²) in [6, 6.07) is 15.7. The van der Waals surface area contributed by atoms with Crippen molar-refractivity contribution in [1.29, 1.82) is 0 Å². The Morgan fingerprint density at radius 1 is 0.756 bits per heavy atom. The highest BCUT2D eigenvalue weighted by atomic mass is 16.8. The normalized spacial score (nSPS) is 21.7. The Hall–Kier alpha value is -4.29. The maximum Gasteiger partial charge on any atom is 0.306 e. The van der Waals surface area contributed by atoms with Crippen molar-refractivity contribution in [2.24, 2.45) is 5.92 Å². The van der Waals surface area contributed by atoms with Gasteiger partial charge in [0.05, 0.1) is 12.0 Å². The summed E-state index contributed by atoms with van der Waals surface area (Å²) in [7, 11) is 0. The van der Waals surface area contributed by atoms with E-state index in [4.69, 9.17) is 23.8 Å². The summed E-state index contributed by atoms with van der Waals surface area (Å²) in [4.78, 5) is 68.4. The summed E-state index contributed by atoms with van der Waals surface area (Å²) in [5.41, 5.74) is 3.90. The molecular formula is C33H42N2O10. The van der Waals surface area contributed by atoms with Crippen molar-refractivity contribution in [3.63, 3.8) is 0 Å². The predicted octanol–water partition coefficient (Wildman–Crippen LogP) is 4.44. The number of anilines is 1. The number of ether oxygens (including phenoxy) is 4. The highest BCUT2D eigenvalue weighted by molar-refractivity contribution is 5.97. The highest BCUT2D eigenvalue weighted by Crippen LogP contribution is 2.30. The van der Waals surface area contributed by atoms with E-state index in [0.29, 0.717) is 5.69 Å². The SMILES string of the molecule is CCC(=O)O[C@H]1[C@H](OC(=O)CC)[C@H](ONC(=O)c2ccc(NC(=O)[C@H](c3ccccc3)C(C)C)cc2)O[C@@H](C)[C@H]1OC(=O)CC. The molecule has 45 heavy (non-hydrogen) atoms. The molecule has 1 aliphatic heterocycles. The van der Waals surface area contributed by atoms with Crippen LogP contribution >= 0.6 is 0 Å². The molecule has 1 aliphatic rings. The molecule has 2 aromatic carbocycles. The summed E-state index contributed by atoms with van der Waals surface area (Å²) in [5.74, 6) is -2.98. The molecule has 0 radical (unpaired) electrons. The van der Waals surface area contributed by atoms with Gasteiger partial charge in [0.15, 0.2) is 18.3 Å². The number of carbonyl (C=O) groups excluding carboxylic acids is 5. The number of benzene rings is 2. The number of hydrogen-bond donors (Lipinski definition) is 2. The Morgan fingerprint density at radius 2 is 1.29 bits per heavy atom. The van der Waals surface area contributed by atoms with E-state index < -0.39 is 54.5 Å².